The second-order valence-electron chi connectivity index (χ2n) is 6.42. The summed E-state index contributed by atoms with van der Waals surface area (Å²) in [5.41, 5.74) is 2.38. The number of amides is 2. The van der Waals surface area contributed by atoms with E-state index in [1.807, 2.05) is 42.5 Å². The van der Waals surface area contributed by atoms with Gasteiger partial charge in [-0.25, -0.2) is 4.79 Å². The van der Waals surface area contributed by atoms with Crippen LogP contribution in [0.1, 0.15) is 22.9 Å². The molecule has 0 bridgehead atoms. The van der Waals surface area contributed by atoms with Crippen LogP contribution < -0.4 is 10.1 Å². The number of halogens is 1. The van der Waals surface area contributed by atoms with Crippen LogP contribution in [0.4, 0.5) is 4.79 Å². The molecule has 146 valence electrons. The van der Waals surface area contributed by atoms with Gasteiger partial charge in [0.25, 0.3) is 0 Å². The Balaban J connectivity index is 1.86. The molecule has 28 heavy (non-hydrogen) atoms. The molecule has 8 heteroatoms. The number of nitrogens with one attached hydrogen (secondary N) is 1. The number of ether oxygens (including phenoxy) is 1. The molecule has 1 aromatic heterocycles. The van der Waals surface area contributed by atoms with Gasteiger partial charge in [0.15, 0.2) is 0 Å². The van der Waals surface area contributed by atoms with Crippen LogP contribution in [0.5, 0.6) is 5.75 Å². The van der Waals surface area contributed by atoms with Gasteiger partial charge < -0.3 is 15.0 Å². The maximum atomic E-state index is 12.9. The molecule has 0 radical (unpaired) electrons. The Hall–Kier alpha value is -3.06. The summed E-state index contributed by atoms with van der Waals surface area (Å²) in [6.45, 7) is 0.340. The van der Waals surface area contributed by atoms with Gasteiger partial charge in [-0.15, -0.1) is 5.10 Å². The van der Waals surface area contributed by atoms with E-state index in [4.69, 9.17) is 16.3 Å². The summed E-state index contributed by atoms with van der Waals surface area (Å²) < 4.78 is 6.93. The lowest BCUT2D eigenvalue weighted by atomic mass is 9.98. The minimum Gasteiger partial charge on any atom is -0.497 e. The zero-order valence-corrected chi connectivity index (χ0v) is 16.7. The zero-order chi connectivity index (χ0) is 20.1. The van der Waals surface area contributed by atoms with E-state index in [2.05, 4.69) is 15.6 Å². The smallest absolute Gasteiger partial charge is 0.318 e. The second kappa shape index (κ2) is 8.75. The van der Waals surface area contributed by atoms with Gasteiger partial charge in [0.05, 0.1) is 19.7 Å². The van der Waals surface area contributed by atoms with E-state index < -0.39 is 6.04 Å². The summed E-state index contributed by atoms with van der Waals surface area (Å²) in [6, 6.07) is 14.3. The van der Waals surface area contributed by atoms with E-state index >= 15 is 0 Å². The van der Waals surface area contributed by atoms with Crippen LogP contribution in [-0.2, 0) is 13.6 Å². The first-order valence-electron chi connectivity index (χ1n) is 8.73. The average Bonchev–Trinajstić information content (AvgIpc) is 3.11. The molecule has 2 aromatic carbocycles. The fourth-order valence-corrected chi connectivity index (χ4v) is 3.13. The topological polar surface area (TPSA) is 72.3 Å². The van der Waals surface area contributed by atoms with Crippen molar-refractivity contribution in [3.05, 3.63) is 76.6 Å². The molecule has 1 atom stereocenters. The lowest BCUT2D eigenvalue weighted by molar-refractivity contribution is 0.204. The summed E-state index contributed by atoms with van der Waals surface area (Å²) in [6.07, 6.45) is 1.78. The molecule has 3 rings (SSSR count). The fraction of sp³-hybridized carbons (Fsp3) is 0.250. The Morgan fingerprint density at radius 2 is 2.07 bits per heavy atom. The third-order valence-electron chi connectivity index (χ3n) is 4.31. The Morgan fingerprint density at radius 1 is 1.29 bits per heavy atom. The van der Waals surface area contributed by atoms with Gasteiger partial charge in [-0.05, 0) is 29.3 Å². The summed E-state index contributed by atoms with van der Waals surface area (Å²) in [5.74, 6) is 0.705. The van der Waals surface area contributed by atoms with Crippen LogP contribution in [0.2, 0.25) is 5.02 Å². The summed E-state index contributed by atoms with van der Waals surface area (Å²) >= 11 is 6.42. The number of urea groups is 1. The predicted molar refractivity (Wildman–Crippen MR) is 107 cm³/mol. The maximum absolute atomic E-state index is 12.9. The minimum atomic E-state index is -0.430. The van der Waals surface area contributed by atoms with Gasteiger partial charge in [-0.2, -0.15) is 0 Å². The van der Waals surface area contributed by atoms with Crippen LogP contribution >= 0.6 is 11.6 Å². The van der Waals surface area contributed by atoms with Gasteiger partial charge in [0.2, 0.25) is 0 Å². The van der Waals surface area contributed by atoms with Crippen molar-refractivity contribution in [2.24, 2.45) is 7.05 Å². The number of methoxy groups -OCH3 is 1. The normalized spacial score (nSPS) is 11.7. The van der Waals surface area contributed by atoms with Gasteiger partial charge in [-0.3, -0.25) is 4.68 Å². The van der Waals surface area contributed by atoms with Crippen LogP contribution in [0.15, 0.2) is 54.7 Å². The lowest BCUT2D eigenvalue weighted by Gasteiger charge is -2.25. The molecular weight excluding hydrogens is 378 g/mol. The third-order valence-corrected chi connectivity index (χ3v) is 4.65. The highest BCUT2D eigenvalue weighted by Crippen LogP contribution is 2.30. The van der Waals surface area contributed by atoms with E-state index in [0.717, 1.165) is 11.1 Å². The Bertz CT molecular complexity index is 959. The molecule has 0 aliphatic rings. The standard InChI is InChI=1S/C20H22ClN5O2/c1-25(12-15-13-26(2)24-23-15)20(27)22-19(17-9-4-5-10-18(17)21)14-7-6-8-16(11-14)28-3/h4-11,13,19H,12H2,1-3H3,(H,22,27). The van der Waals surface area contributed by atoms with Crippen LogP contribution in [-0.4, -0.2) is 40.1 Å². The average molecular weight is 400 g/mol. The molecule has 0 fully saturated rings. The highest BCUT2D eigenvalue weighted by molar-refractivity contribution is 6.31. The molecule has 0 spiro atoms. The van der Waals surface area contributed by atoms with Crippen LogP contribution in [0, 0.1) is 0 Å². The van der Waals surface area contributed by atoms with E-state index in [-0.39, 0.29) is 6.03 Å². The number of carbonyl (C=O) groups is 1. The predicted octanol–water partition coefficient (Wildman–Crippen LogP) is 3.41. The molecule has 1 heterocycles. The monoisotopic (exact) mass is 399 g/mol. The fourth-order valence-electron chi connectivity index (χ4n) is 2.89. The first-order valence-corrected chi connectivity index (χ1v) is 9.11. The minimum absolute atomic E-state index is 0.251. The summed E-state index contributed by atoms with van der Waals surface area (Å²) in [5, 5.41) is 11.6. The molecule has 7 nitrogen and oxygen atoms in total. The largest absolute Gasteiger partial charge is 0.497 e. The molecule has 0 saturated carbocycles. The number of hydrogen-bond donors (Lipinski definition) is 1. The van der Waals surface area contributed by atoms with Crippen molar-refractivity contribution < 1.29 is 9.53 Å². The van der Waals surface area contributed by atoms with E-state index in [0.29, 0.717) is 23.0 Å². The Morgan fingerprint density at radius 3 is 2.75 bits per heavy atom. The van der Waals surface area contributed by atoms with Crippen molar-refractivity contribution in [3.63, 3.8) is 0 Å². The molecule has 1 unspecified atom stereocenters. The van der Waals surface area contributed by atoms with E-state index in [9.17, 15) is 4.79 Å². The highest BCUT2D eigenvalue weighted by Gasteiger charge is 2.22. The highest BCUT2D eigenvalue weighted by atomic mass is 35.5. The maximum Gasteiger partial charge on any atom is 0.318 e. The zero-order valence-electron chi connectivity index (χ0n) is 16.0. The number of aryl methyl sites for hydroxylation is 1. The van der Waals surface area contributed by atoms with Crippen molar-refractivity contribution in [3.8, 4) is 5.75 Å². The number of aromatic nitrogens is 3. The Labute approximate surface area is 168 Å². The first kappa shape index (κ1) is 19.7. The first-order chi connectivity index (χ1) is 13.5. The second-order valence-corrected chi connectivity index (χ2v) is 6.83. The number of carbonyl (C=O) groups excluding carboxylic acids is 1. The SMILES string of the molecule is COc1cccc(C(NC(=O)N(C)Cc2cn(C)nn2)c2ccccc2Cl)c1. The lowest BCUT2D eigenvalue weighted by Crippen LogP contribution is -2.39. The Kier molecular flexibility index (Phi) is 6.16. The van der Waals surface area contributed by atoms with Crippen molar-refractivity contribution in [2.75, 3.05) is 14.2 Å². The number of nitrogens with zero attached hydrogens (tertiary/aromatic N) is 4. The number of benzene rings is 2. The van der Waals surface area contributed by atoms with Crippen LogP contribution in [0.3, 0.4) is 0 Å². The number of hydrogen-bond acceptors (Lipinski definition) is 4. The van der Waals surface area contributed by atoms with E-state index in [1.165, 1.54) is 0 Å². The van der Waals surface area contributed by atoms with Crippen molar-refractivity contribution in [1.82, 2.24) is 25.2 Å². The van der Waals surface area contributed by atoms with E-state index in [1.54, 1.807) is 43.1 Å². The van der Waals surface area contributed by atoms with Crippen LogP contribution in [0.25, 0.3) is 0 Å². The van der Waals surface area contributed by atoms with Gasteiger partial charge >= 0.3 is 6.03 Å². The van der Waals surface area contributed by atoms with Crippen molar-refractivity contribution in [2.45, 2.75) is 12.6 Å². The molecule has 0 aliphatic heterocycles. The molecule has 1 N–H and O–H groups in total. The molecule has 3 aromatic rings. The summed E-state index contributed by atoms with van der Waals surface area (Å²) in [4.78, 5) is 14.4. The van der Waals surface area contributed by atoms with Gasteiger partial charge in [0, 0.05) is 25.3 Å². The molecule has 2 amide bonds. The van der Waals surface area contributed by atoms with Crippen molar-refractivity contribution in [1.29, 1.82) is 0 Å². The van der Waals surface area contributed by atoms with Gasteiger partial charge in [0.1, 0.15) is 11.4 Å². The summed E-state index contributed by atoms with van der Waals surface area (Å²) in [7, 11) is 5.10. The van der Waals surface area contributed by atoms with Gasteiger partial charge in [-0.1, -0.05) is 47.1 Å². The molecular formula is C20H22ClN5O2. The quantitative estimate of drug-likeness (QED) is 0.689. The number of rotatable bonds is 6. The molecule has 0 saturated heterocycles. The molecule has 0 aliphatic carbocycles. The van der Waals surface area contributed by atoms with Crippen molar-refractivity contribution >= 4 is 17.6 Å². The third kappa shape index (κ3) is 4.61.